The Hall–Kier alpha value is -3.28. The van der Waals surface area contributed by atoms with Crippen molar-refractivity contribution in [2.75, 3.05) is 21.3 Å². The van der Waals surface area contributed by atoms with Crippen molar-refractivity contribution in [1.82, 2.24) is 4.98 Å². The summed E-state index contributed by atoms with van der Waals surface area (Å²) in [7, 11) is 4.34. The molecule has 0 spiro atoms. The number of hydrogen-bond donors (Lipinski definition) is 1. The van der Waals surface area contributed by atoms with Crippen LogP contribution in [0.2, 0.25) is 0 Å². The first-order valence-electron chi connectivity index (χ1n) is 8.74. The van der Waals surface area contributed by atoms with Gasteiger partial charge >= 0.3 is 5.97 Å². The van der Waals surface area contributed by atoms with Crippen molar-refractivity contribution in [3.05, 3.63) is 58.3 Å². The first-order chi connectivity index (χ1) is 13.4. The van der Waals surface area contributed by atoms with Gasteiger partial charge in [0.15, 0.2) is 0 Å². The van der Waals surface area contributed by atoms with E-state index in [4.69, 9.17) is 14.2 Å². The minimum Gasteiger partial charge on any atom is -0.507 e. The maximum Gasteiger partial charge on any atom is 0.342 e. The number of carbonyl (C=O) groups is 1. The summed E-state index contributed by atoms with van der Waals surface area (Å²) in [5.41, 5.74) is 2.81. The molecule has 148 valence electrons. The van der Waals surface area contributed by atoms with Gasteiger partial charge in [0, 0.05) is 11.6 Å². The fraction of sp³-hybridized carbons (Fsp3) is 0.273. The van der Waals surface area contributed by atoms with Gasteiger partial charge in [-0.2, -0.15) is 0 Å². The second-order valence-corrected chi connectivity index (χ2v) is 6.29. The van der Waals surface area contributed by atoms with E-state index in [9.17, 15) is 9.90 Å². The fourth-order valence-electron chi connectivity index (χ4n) is 2.65. The van der Waals surface area contributed by atoms with Crippen molar-refractivity contribution in [2.24, 2.45) is 0 Å². The van der Waals surface area contributed by atoms with E-state index >= 15 is 0 Å². The zero-order chi connectivity index (χ0) is 20.7. The summed E-state index contributed by atoms with van der Waals surface area (Å²) in [6.45, 7) is 3.92. The number of methoxy groups -OCH3 is 3. The summed E-state index contributed by atoms with van der Waals surface area (Å²) in [5.74, 6) is 0.188. The normalized spacial score (nSPS) is 10.6. The molecule has 0 saturated carbocycles. The molecule has 0 unspecified atom stereocenters. The summed E-state index contributed by atoms with van der Waals surface area (Å²) >= 11 is 0. The lowest BCUT2D eigenvalue weighted by atomic mass is 9.97. The van der Waals surface area contributed by atoms with Crippen LogP contribution in [0, 0.1) is 0 Å². The van der Waals surface area contributed by atoms with Gasteiger partial charge in [-0.3, -0.25) is 0 Å². The highest BCUT2D eigenvalue weighted by Gasteiger charge is 2.22. The largest absolute Gasteiger partial charge is 0.507 e. The number of esters is 1. The molecule has 0 aliphatic carbocycles. The van der Waals surface area contributed by atoms with E-state index in [0.29, 0.717) is 34.9 Å². The Morgan fingerprint density at radius 3 is 2.50 bits per heavy atom. The Kier molecular flexibility index (Phi) is 7.21. The van der Waals surface area contributed by atoms with Gasteiger partial charge in [-0.25, -0.2) is 9.78 Å². The number of rotatable bonds is 7. The minimum atomic E-state index is -0.628. The molecule has 6 heteroatoms. The lowest BCUT2D eigenvalue weighted by molar-refractivity contribution is 0.0597. The third-order valence-corrected chi connectivity index (χ3v) is 4.11. The summed E-state index contributed by atoms with van der Waals surface area (Å²) in [6, 6.07) is 7.06. The molecule has 0 fully saturated rings. The van der Waals surface area contributed by atoms with E-state index in [1.54, 1.807) is 37.5 Å². The topological polar surface area (TPSA) is 77.9 Å². The van der Waals surface area contributed by atoms with E-state index in [2.05, 4.69) is 4.98 Å². The van der Waals surface area contributed by atoms with Crippen LogP contribution in [0.1, 0.15) is 41.0 Å². The van der Waals surface area contributed by atoms with Gasteiger partial charge in [-0.1, -0.05) is 23.8 Å². The number of phenolic OH excluding ortho intramolecular Hbond substituents is 1. The second kappa shape index (κ2) is 9.60. The molecular weight excluding hydrogens is 358 g/mol. The van der Waals surface area contributed by atoms with E-state index in [1.165, 1.54) is 14.2 Å². The molecular formula is C22H25NO5. The van der Waals surface area contributed by atoms with Crippen LogP contribution in [0.3, 0.4) is 0 Å². The number of phenols is 1. The van der Waals surface area contributed by atoms with Crippen LogP contribution in [0.25, 0.3) is 12.2 Å². The summed E-state index contributed by atoms with van der Waals surface area (Å²) < 4.78 is 15.4. The first-order valence-corrected chi connectivity index (χ1v) is 8.74. The quantitative estimate of drug-likeness (QED) is 0.568. The smallest absolute Gasteiger partial charge is 0.342 e. The molecule has 6 nitrogen and oxygen atoms in total. The zero-order valence-corrected chi connectivity index (χ0v) is 16.8. The third kappa shape index (κ3) is 4.91. The lowest BCUT2D eigenvalue weighted by Crippen LogP contribution is -2.07. The Morgan fingerprint density at radius 1 is 1.14 bits per heavy atom. The zero-order valence-electron chi connectivity index (χ0n) is 16.8. The highest BCUT2D eigenvalue weighted by molar-refractivity contribution is 5.98. The summed E-state index contributed by atoms with van der Waals surface area (Å²) in [5, 5.41) is 10.8. The number of carbonyl (C=O) groups excluding carboxylic acids is 1. The summed E-state index contributed by atoms with van der Waals surface area (Å²) in [4.78, 5) is 16.7. The molecule has 1 heterocycles. The number of aromatic nitrogens is 1. The van der Waals surface area contributed by atoms with Crippen LogP contribution in [0.5, 0.6) is 17.4 Å². The highest BCUT2D eigenvalue weighted by Crippen LogP contribution is 2.36. The van der Waals surface area contributed by atoms with Crippen LogP contribution < -0.4 is 9.47 Å². The molecule has 0 bridgehead atoms. The molecule has 0 atom stereocenters. The Morgan fingerprint density at radius 2 is 1.89 bits per heavy atom. The van der Waals surface area contributed by atoms with Crippen molar-refractivity contribution in [1.29, 1.82) is 0 Å². The maximum absolute atomic E-state index is 12.3. The number of pyridine rings is 1. The molecule has 1 N–H and O–H groups in total. The van der Waals surface area contributed by atoms with Crippen molar-refractivity contribution < 1.29 is 24.1 Å². The van der Waals surface area contributed by atoms with Crippen LogP contribution in [-0.4, -0.2) is 37.4 Å². The van der Waals surface area contributed by atoms with E-state index < -0.39 is 5.97 Å². The van der Waals surface area contributed by atoms with Crippen LogP contribution in [0.15, 0.2) is 35.9 Å². The predicted octanol–water partition coefficient (Wildman–Crippen LogP) is 4.27. The second-order valence-electron chi connectivity index (χ2n) is 6.29. The average molecular weight is 383 g/mol. The maximum atomic E-state index is 12.3. The van der Waals surface area contributed by atoms with Gasteiger partial charge in [-0.05, 0) is 44.0 Å². The molecule has 1 aromatic carbocycles. The molecule has 28 heavy (non-hydrogen) atoms. The van der Waals surface area contributed by atoms with Gasteiger partial charge in [-0.15, -0.1) is 0 Å². The van der Waals surface area contributed by atoms with Gasteiger partial charge in [0.05, 0.1) is 27.0 Å². The number of hydrogen-bond acceptors (Lipinski definition) is 6. The van der Waals surface area contributed by atoms with E-state index in [1.807, 2.05) is 26.0 Å². The first kappa shape index (κ1) is 21.0. The molecule has 2 rings (SSSR count). The minimum absolute atomic E-state index is 0.0830. The van der Waals surface area contributed by atoms with Crippen LogP contribution in [0.4, 0.5) is 0 Å². The molecule has 0 aliphatic rings. The molecule has 0 amide bonds. The average Bonchev–Trinajstić information content (AvgIpc) is 2.70. The van der Waals surface area contributed by atoms with Crippen molar-refractivity contribution in [3.8, 4) is 17.4 Å². The van der Waals surface area contributed by atoms with E-state index in [0.717, 1.165) is 5.57 Å². The molecule has 2 aromatic rings. The number of nitrogens with zero attached hydrogens (tertiary/aromatic N) is 1. The number of benzene rings is 1. The Bertz CT molecular complexity index is 911. The number of allylic oxidation sites excluding steroid dienone is 2. The Labute approximate surface area is 165 Å². The van der Waals surface area contributed by atoms with Crippen molar-refractivity contribution >= 4 is 18.1 Å². The monoisotopic (exact) mass is 383 g/mol. The van der Waals surface area contributed by atoms with Gasteiger partial charge < -0.3 is 19.3 Å². The number of aromatic hydroxyl groups is 1. The predicted molar refractivity (Wildman–Crippen MR) is 109 cm³/mol. The van der Waals surface area contributed by atoms with Gasteiger partial charge in [0.1, 0.15) is 17.1 Å². The van der Waals surface area contributed by atoms with E-state index in [-0.39, 0.29) is 11.3 Å². The fourth-order valence-corrected chi connectivity index (χ4v) is 2.65. The molecule has 0 aliphatic heterocycles. The van der Waals surface area contributed by atoms with Crippen LogP contribution in [-0.2, 0) is 11.2 Å². The van der Waals surface area contributed by atoms with Crippen LogP contribution >= 0.6 is 0 Å². The van der Waals surface area contributed by atoms with Crippen molar-refractivity contribution in [2.45, 2.75) is 20.3 Å². The molecule has 0 radical (unpaired) electrons. The lowest BCUT2D eigenvalue weighted by Gasteiger charge is -2.15. The van der Waals surface area contributed by atoms with Gasteiger partial charge in [0.2, 0.25) is 5.88 Å². The highest BCUT2D eigenvalue weighted by atomic mass is 16.5. The standard InChI is InChI=1S/C22H25NO5/c1-14(2)9-12-17-18(26-3)13-15(20(21(17)24)22(25)28-5)10-11-16-7-6-8-19(23-16)27-4/h6-11,13,24H,12H2,1-5H3. The Balaban J connectivity index is 2.58. The third-order valence-electron chi connectivity index (χ3n) is 4.11. The molecule has 0 saturated heterocycles. The van der Waals surface area contributed by atoms with Gasteiger partial charge in [0.25, 0.3) is 0 Å². The SMILES string of the molecule is COC(=O)c1c(C=Cc2cccc(OC)n2)cc(OC)c(CC=C(C)C)c1O. The number of ether oxygens (including phenoxy) is 3. The van der Waals surface area contributed by atoms with Crippen molar-refractivity contribution in [3.63, 3.8) is 0 Å². The summed E-state index contributed by atoms with van der Waals surface area (Å²) in [6.07, 6.45) is 5.79. The molecule has 1 aromatic heterocycles.